The molecule has 21 heavy (non-hydrogen) atoms. The van der Waals surface area contributed by atoms with Crippen LogP contribution in [-0.4, -0.2) is 11.1 Å². The van der Waals surface area contributed by atoms with Crippen molar-refractivity contribution in [1.29, 1.82) is 0 Å². The third kappa shape index (κ3) is 4.60. The van der Waals surface area contributed by atoms with Crippen molar-refractivity contribution in [1.82, 2.24) is 0 Å². The predicted octanol–water partition coefficient (Wildman–Crippen LogP) is 4.28. The van der Waals surface area contributed by atoms with E-state index in [4.69, 9.17) is 9.84 Å². The Morgan fingerprint density at radius 2 is 2.05 bits per heavy atom. The maximum atomic E-state index is 10.6. The molecule has 2 aromatic carbocycles. The number of carbonyl (C=O) groups is 1. The van der Waals surface area contributed by atoms with Gasteiger partial charge in [0.2, 0.25) is 0 Å². The molecule has 2 aromatic rings. The number of carboxylic acids is 1. The van der Waals surface area contributed by atoms with Crippen LogP contribution in [0, 0.1) is 10.5 Å². The van der Waals surface area contributed by atoms with Crippen molar-refractivity contribution in [3.8, 4) is 5.75 Å². The zero-order valence-corrected chi connectivity index (χ0v) is 13.7. The van der Waals surface area contributed by atoms with Crippen LogP contribution in [0.2, 0.25) is 0 Å². The normalized spacial score (nSPS) is 10.8. The molecule has 0 amide bonds. The fourth-order valence-electron chi connectivity index (χ4n) is 1.86. The van der Waals surface area contributed by atoms with Crippen molar-refractivity contribution in [3.05, 3.63) is 68.8 Å². The van der Waals surface area contributed by atoms with Gasteiger partial charge in [-0.25, -0.2) is 4.79 Å². The molecule has 0 fully saturated rings. The molecule has 0 saturated carbocycles. The highest BCUT2D eigenvalue weighted by atomic mass is 127. The molecular weight excluding hydrogens is 379 g/mol. The van der Waals surface area contributed by atoms with Crippen LogP contribution in [0.5, 0.6) is 5.75 Å². The summed E-state index contributed by atoms with van der Waals surface area (Å²) >= 11 is 2.20. The van der Waals surface area contributed by atoms with Crippen LogP contribution < -0.4 is 4.74 Å². The number of ether oxygens (including phenoxy) is 1. The third-order valence-electron chi connectivity index (χ3n) is 3.03. The summed E-state index contributed by atoms with van der Waals surface area (Å²) in [6.45, 7) is 2.50. The molecule has 4 heteroatoms. The molecule has 2 rings (SSSR count). The van der Waals surface area contributed by atoms with Crippen LogP contribution >= 0.6 is 22.6 Å². The Morgan fingerprint density at radius 1 is 1.29 bits per heavy atom. The van der Waals surface area contributed by atoms with Gasteiger partial charge in [-0.3, -0.25) is 0 Å². The predicted molar refractivity (Wildman–Crippen MR) is 91.3 cm³/mol. The number of benzene rings is 2. The summed E-state index contributed by atoms with van der Waals surface area (Å²) in [6, 6.07) is 13.7. The minimum absolute atomic E-state index is 0.459. The van der Waals surface area contributed by atoms with Gasteiger partial charge in [0.25, 0.3) is 0 Å². The molecule has 0 spiro atoms. The van der Waals surface area contributed by atoms with Gasteiger partial charge in [-0.05, 0) is 58.9 Å². The molecule has 0 unspecified atom stereocenters. The van der Waals surface area contributed by atoms with Crippen LogP contribution in [0.1, 0.15) is 16.7 Å². The highest BCUT2D eigenvalue weighted by molar-refractivity contribution is 14.1. The van der Waals surface area contributed by atoms with Crippen LogP contribution in [0.3, 0.4) is 0 Å². The lowest BCUT2D eigenvalue weighted by molar-refractivity contribution is -0.131. The van der Waals surface area contributed by atoms with Gasteiger partial charge >= 0.3 is 5.97 Å². The number of halogens is 1. The monoisotopic (exact) mass is 394 g/mol. The summed E-state index contributed by atoms with van der Waals surface area (Å²) in [5.41, 5.74) is 3.04. The number of rotatable bonds is 5. The first-order valence-corrected chi connectivity index (χ1v) is 7.52. The SMILES string of the molecule is Cc1ccccc1COc1cc(I)ccc1/C=C/C(=O)O. The summed E-state index contributed by atoms with van der Waals surface area (Å²) in [5.74, 6) is -0.291. The van der Waals surface area contributed by atoms with Gasteiger partial charge in [-0.15, -0.1) is 0 Å². The Hall–Kier alpha value is -1.82. The first-order valence-electron chi connectivity index (χ1n) is 6.44. The largest absolute Gasteiger partial charge is 0.488 e. The lowest BCUT2D eigenvalue weighted by Crippen LogP contribution is -1.99. The van der Waals surface area contributed by atoms with Crippen molar-refractivity contribution in [2.45, 2.75) is 13.5 Å². The maximum absolute atomic E-state index is 10.6. The van der Waals surface area contributed by atoms with E-state index in [-0.39, 0.29) is 0 Å². The molecule has 108 valence electrons. The molecule has 0 aromatic heterocycles. The second kappa shape index (κ2) is 7.26. The van der Waals surface area contributed by atoms with E-state index in [1.165, 1.54) is 5.56 Å². The van der Waals surface area contributed by atoms with E-state index >= 15 is 0 Å². The summed E-state index contributed by atoms with van der Waals surface area (Å²) in [5, 5.41) is 8.74. The topological polar surface area (TPSA) is 46.5 Å². The lowest BCUT2D eigenvalue weighted by atomic mass is 10.1. The van der Waals surface area contributed by atoms with Crippen molar-refractivity contribution in [2.75, 3.05) is 0 Å². The molecule has 0 heterocycles. The summed E-state index contributed by atoms with van der Waals surface area (Å²) in [4.78, 5) is 10.6. The molecule has 0 atom stereocenters. The van der Waals surface area contributed by atoms with Gasteiger partial charge in [0.1, 0.15) is 12.4 Å². The van der Waals surface area contributed by atoms with E-state index < -0.39 is 5.97 Å². The van der Waals surface area contributed by atoms with Crippen molar-refractivity contribution >= 4 is 34.6 Å². The second-order valence-corrected chi connectivity index (χ2v) is 5.81. The van der Waals surface area contributed by atoms with Gasteiger partial charge in [0.05, 0.1) is 0 Å². The summed E-state index contributed by atoms with van der Waals surface area (Å²) < 4.78 is 6.91. The Morgan fingerprint density at radius 3 is 2.76 bits per heavy atom. The van der Waals surface area contributed by atoms with E-state index in [0.29, 0.717) is 12.4 Å². The highest BCUT2D eigenvalue weighted by Crippen LogP contribution is 2.24. The molecule has 0 bridgehead atoms. The van der Waals surface area contributed by atoms with Crippen molar-refractivity contribution in [3.63, 3.8) is 0 Å². The van der Waals surface area contributed by atoms with Crippen molar-refractivity contribution < 1.29 is 14.6 Å². The first kappa shape index (κ1) is 15.6. The van der Waals surface area contributed by atoms with Gasteiger partial charge in [0, 0.05) is 15.2 Å². The van der Waals surface area contributed by atoms with Gasteiger partial charge < -0.3 is 9.84 Å². The lowest BCUT2D eigenvalue weighted by Gasteiger charge is -2.11. The first-order chi connectivity index (χ1) is 10.1. The maximum Gasteiger partial charge on any atom is 0.328 e. The average molecular weight is 394 g/mol. The Bertz CT molecular complexity index is 677. The van der Waals surface area contributed by atoms with Gasteiger partial charge in [-0.2, -0.15) is 0 Å². The van der Waals surface area contributed by atoms with E-state index in [2.05, 4.69) is 22.6 Å². The zero-order chi connectivity index (χ0) is 15.2. The number of aliphatic carboxylic acids is 1. The number of carboxylic acid groups (broad SMARTS) is 1. The van der Waals surface area contributed by atoms with E-state index in [1.54, 1.807) is 6.08 Å². The standard InChI is InChI=1S/C17H15IO3/c1-12-4-2-3-5-14(12)11-21-16-10-15(18)8-6-13(16)7-9-17(19)20/h2-10H,11H2,1H3,(H,19,20)/b9-7+. The number of hydrogen-bond donors (Lipinski definition) is 1. The Balaban J connectivity index is 2.20. The van der Waals surface area contributed by atoms with Crippen LogP contribution in [0.25, 0.3) is 6.08 Å². The van der Waals surface area contributed by atoms with Crippen molar-refractivity contribution in [2.24, 2.45) is 0 Å². The molecule has 0 aliphatic carbocycles. The Labute approximate surface area is 137 Å². The summed E-state index contributed by atoms with van der Waals surface area (Å²) in [6.07, 6.45) is 2.66. The van der Waals surface area contributed by atoms with E-state index in [9.17, 15) is 4.79 Å². The minimum atomic E-state index is -0.974. The highest BCUT2D eigenvalue weighted by Gasteiger charge is 2.05. The van der Waals surface area contributed by atoms with Gasteiger partial charge in [-0.1, -0.05) is 30.3 Å². The minimum Gasteiger partial charge on any atom is -0.488 e. The molecular formula is C17H15IO3. The fraction of sp³-hybridized carbons (Fsp3) is 0.118. The third-order valence-corrected chi connectivity index (χ3v) is 3.70. The number of hydrogen-bond acceptors (Lipinski definition) is 2. The van der Waals surface area contributed by atoms with Crippen LogP contribution in [0.4, 0.5) is 0 Å². The fourth-order valence-corrected chi connectivity index (χ4v) is 2.32. The molecule has 0 saturated heterocycles. The molecule has 1 N–H and O–H groups in total. The average Bonchev–Trinajstić information content (AvgIpc) is 2.45. The second-order valence-electron chi connectivity index (χ2n) is 4.57. The van der Waals surface area contributed by atoms with Crippen LogP contribution in [-0.2, 0) is 11.4 Å². The smallest absolute Gasteiger partial charge is 0.328 e. The quantitative estimate of drug-likeness (QED) is 0.609. The molecule has 0 radical (unpaired) electrons. The molecule has 0 aliphatic rings. The van der Waals surface area contributed by atoms with Crippen LogP contribution in [0.15, 0.2) is 48.5 Å². The number of aryl methyl sites for hydroxylation is 1. The molecule has 3 nitrogen and oxygen atoms in total. The zero-order valence-electron chi connectivity index (χ0n) is 11.5. The summed E-state index contributed by atoms with van der Waals surface area (Å²) in [7, 11) is 0. The van der Waals surface area contributed by atoms with Gasteiger partial charge in [0.15, 0.2) is 0 Å². The van der Waals surface area contributed by atoms with E-state index in [1.807, 2.05) is 49.4 Å². The Kier molecular flexibility index (Phi) is 5.38. The molecule has 0 aliphatic heterocycles. The van der Waals surface area contributed by atoms with E-state index in [0.717, 1.165) is 20.8 Å².